The zero-order valence-corrected chi connectivity index (χ0v) is 25.8. The molecule has 5 aliphatic rings. The van der Waals surface area contributed by atoms with Gasteiger partial charge in [-0.05, 0) is 54.5 Å². The van der Waals surface area contributed by atoms with Crippen LogP contribution >= 0.6 is 0 Å². The topological polar surface area (TPSA) is 92.8 Å². The molecule has 10 nitrogen and oxygen atoms in total. The molecule has 4 bridgehead atoms. The Kier molecular flexibility index (Phi) is 5.95. The number of fused-ring (bicyclic) bond motifs is 4. The van der Waals surface area contributed by atoms with E-state index in [1.807, 2.05) is 25.1 Å². The van der Waals surface area contributed by atoms with Crippen LogP contribution in [0.4, 0.5) is 5.69 Å². The number of benzene rings is 2. The number of anilines is 1. The van der Waals surface area contributed by atoms with Gasteiger partial charge in [0, 0.05) is 31.5 Å². The number of esters is 2. The van der Waals surface area contributed by atoms with Crippen molar-refractivity contribution >= 4 is 17.6 Å². The van der Waals surface area contributed by atoms with E-state index in [9.17, 15) is 9.59 Å². The summed E-state index contributed by atoms with van der Waals surface area (Å²) in [6.45, 7) is 2.61. The Balaban J connectivity index is 1.44. The molecule has 1 aliphatic carbocycles. The molecule has 0 radical (unpaired) electrons. The predicted molar refractivity (Wildman–Crippen MR) is 156 cm³/mol. The third-order valence-electron chi connectivity index (χ3n) is 11.5. The number of quaternary nitrogens is 1. The zero-order chi connectivity index (χ0) is 30.5. The first-order valence-corrected chi connectivity index (χ1v) is 14.7. The number of likely N-dealkylation sites (N-methyl/N-ethyl adjacent to an activating group) is 2. The first kappa shape index (κ1) is 28.0. The molecule has 4 aliphatic heterocycles. The minimum Gasteiger partial charge on any atom is -0.497 e. The molecule has 4 heterocycles. The number of allylic oxidation sites excluding steroid dienone is 1. The summed E-state index contributed by atoms with van der Waals surface area (Å²) in [5.74, 6) is 0.437. The fourth-order valence-electron chi connectivity index (χ4n) is 9.74. The fraction of sp³-hybridized carbons (Fsp3) is 0.515. The Bertz CT molecular complexity index is 1570. The maximum absolute atomic E-state index is 14.6. The standard InChI is InChI=1S/C33H39N2O8/c1-8-19-17-35(3)27-15-22(19)31(30(37)41-7,18-42-29(36)20-9-12-25(39-5)26(13-20)40-6)32-16-28(35)43-33(27,32)34(2)24-11-10-21(38-4)14-23(24)32/h8-14,22,27-28H,15-18H2,1-7H3/q+1/b19-8-/t22-,27-,28-,31-,32-,33-,35?/m0/s1. The Morgan fingerprint density at radius 1 is 1.07 bits per heavy atom. The van der Waals surface area contributed by atoms with Gasteiger partial charge in [0.1, 0.15) is 30.4 Å². The number of carbonyl (C=O) groups excluding carboxylic acids is 2. The second kappa shape index (κ2) is 9.12. The summed E-state index contributed by atoms with van der Waals surface area (Å²) in [5, 5.41) is 0. The summed E-state index contributed by atoms with van der Waals surface area (Å²) in [6, 6.07) is 11.0. The van der Waals surface area contributed by atoms with E-state index >= 15 is 0 Å². The molecule has 0 N–H and O–H groups in total. The highest BCUT2D eigenvalue weighted by Gasteiger charge is 2.92. The molecule has 0 amide bonds. The number of rotatable bonds is 7. The van der Waals surface area contributed by atoms with Crippen molar-refractivity contribution in [3.8, 4) is 17.2 Å². The van der Waals surface area contributed by atoms with Crippen molar-refractivity contribution in [3.05, 3.63) is 59.2 Å². The monoisotopic (exact) mass is 591 g/mol. The minimum absolute atomic E-state index is 0.0997. The number of hydrogen-bond acceptors (Lipinski definition) is 9. The fourth-order valence-corrected chi connectivity index (χ4v) is 9.74. The smallest absolute Gasteiger partial charge is 0.338 e. The summed E-state index contributed by atoms with van der Waals surface area (Å²) >= 11 is 0. The van der Waals surface area contributed by atoms with Crippen LogP contribution in [0.15, 0.2) is 48.0 Å². The largest absolute Gasteiger partial charge is 0.497 e. The number of hydrogen-bond donors (Lipinski definition) is 0. The van der Waals surface area contributed by atoms with Gasteiger partial charge in [0.2, 0.25) is 5.72 Å². The summed E-state index contributed by atoms with van der Waals surface area (Å²) in [4.78, 5) is 30.6. The van der Waals surface area contributed by atoms with Gasteiger partial charge >= 0.3 is 11.9 Å². The molecule has 1 spiro atoms. The van der Waals surface area contributed by atoms with E-state index in [2.05, 4.69) is 25.1 Å². The van der Waals surface area contributed by atoms with Gasteiger partial charge in [0.25, 0.3) is 0 Å². The molecular formula is C33H39N2O8+. The van der Waals surface area contributed by atoms with Gasteiger partial charge in [-0.25, -0.2) is 4.79 Å². The average Bonchev–Trinajstić information content (AvgIpc) is 3.62. The van der Waals surface area contributed by atoms with Gasteiger partial charge in [-0.2, -0.15) is 0 Å². The third kappa shape index (κ3) is 3.01. The summed E-state index contributed by atoms with van der Waals surface area (Å²) in [5.41, 5.74) is 0.457. The quantitative estimate of drug-likeness (QED) is 0.272. The van der Waals surface area contributed by atoms with Crippen LogP contribution in [0.1, 0.15) is 35.7 Å². The molecule has 7 rings (SSSR count). The second-order valence-corrected chi connectivity index (χ2v) is 12.6. The minimum atomic E-state index is -1.27. The lowest BCUT2D eigenvalue weighted by Gasteiger charge is -2.66. The highest BCUT2D eigenvalue weighted by Crippen LogP contribution is 2.79. The van der Waals surface area contributed by atoms with Crippen molar-refractivity contribution in [1.29, 1.82) is 0 Å². The summed E-state index contributed by atoms with van der Waals surface area (Å²) < 4.78 is 36.4. The van der Waals surface area contributed by atoms with Crippen LogP contribution in [0.3, 0.4) is 0 Å². The van der Waals surface area contributed by atoms with Gasteiger partial charge in [-0.1, -0.05) is 6.08 Å². The molecule has 3 saturated heterocycles. The van der Waals surface area contributed by atoms with E-state index in [4.69, 9.17) is 28.4 Å². The molecule has 4 fully saturated rings. The van der Waals surface area contributed by atoms with Crippen LogP contribution in [0, 0.1) is 11.3 Å². The normalized spacial score (nSPS) is 36.8. The predicted octanol–water partition coefficient (Wildman–Crippen LogP) is 3.67. The SMILES string of the molecule is C/C=C1/C[N+]2(C)[C@@H]3C[C@@]45c6cc(OC)ccc6N(C)[C@]4(O3)[C@@H]2C[C@@H]1[C@@]5(COC(=O)c1ccc(OC)c(OC)c1)C(=O)OC. The van der Waals surface area contributed by atoms with Crippen molar-refractivity contribution in [3.63, 3.8) is 0 Å². The highest BCUT2D eigenvalue weighted by atomic mass is 16.6. The average molecular weight is 592 g/mol. The Labute approximate surface area is 251 Å². The van der Waals surface area contributed by atoms with Gasteiger partial charge in [-0.3, -0.25) is 14.0 Å². The van der Waals surface area contributed by atoms with Crippen LogP contribution < -0.4 is 19.1 Å². The Morgan fingerprint density at radius 3 is 2.51 bits per heavy atom. The van der Waals surface area contributed by atoms with Crippen LogP contribution in [0.25, 0.3) is 0 Å². The first-order chi connectivity index (χ1) is 20.6. The van der Waals surface area contributed by atoms with Crippen molar-refractivity contribution in [1.82, 2.24) is 0 Å². The Hall–Kier alpha value is -3.76. The van der Waals surface area contributed by atoms with Crippen molar-refractivity contribution in [2.75, 3.05) is 60.6 Å². The van der Waals surface area contributed by atoms with Crippen molar-refractivity contribution < 1.29 is 42.5 Å². The molecule has 43 heavy (non-hydrogen) atoms. The number of methoxy groups -OCH3 is 4. The van der Waals surface area contributed by atoms with Gasteiger partial charge in [-0.15, -0.1) is 0 Å². The van der Waals surface area contributed by atoms with E-state index in [0.29, 0.717) is 35.7 Å². The second-order valence-electron chi connectivity index (χ2n) is 12.6. The molecule has 1 unspecified atom stereocenters. The lowest BCUT2D eigenvalue weighted by atomic mass is 9.41. The van der Waals surface area contributed by atoms with Crippen molar-refractivity contribution in [2.45, 2.75) is 43.2 Å². The molecule has 2 aromatic carbocycles. The summed E-state index contributed by atoms with van der Waals surface area (Å²) in [7, 11) is 10.5. The van der Waals surface area contributed by atoms with E-state index in [1.165, 1.54) is 21.3 Å². The van der Waals surface area contributed by atoms with Crippen molar-refractivity contribution in [2.24, 2.45) is 11.3 Å². The van der Waals surface area contributed by atoms with Crippen LogP contribution in [0.5, 0.6) is 17.2 Å². The number of nitrogens with zero attached hydrogens (tertiary/aromatic N) is 2. The third-order valence-corrected chi connectivity index (χ3v) is 11.5. The summed E-state index contributed by atoms with van der Waals surface area (Å²) in [6.07, 6.45) is 3.27. The highest BCUT2D eigenvalue weighted by molar-refractivity contribution is 5.91. The van der Waals surface area contributed by atoms with Crippen LogP contribution in [0.2, 0.25) is 0 Å². The number of carbonyl (C=O) groups is 2. The molecule has 2 aromatic rings. The van der Waals surface area contributed by atoms with Crippen LogP contribution in [-0.2, 0) is 24.4 Å². The molecule has 228 valence electrons. The lowest BCUT2D eigenvalue weighted by Crippen LogP contribution is -2.83. The maximum Gasteiger partial charge on any atom is 0.338 e. The van der Waals surface area contributed by atoms with E-state index in [-0.39, 0.29) is 24.8 Å². The van der Waals surface area contributed by atoms with Gasteiger partial charge in [0.05, 0.1) is 46.5 Å². The molecule has 10 heteroatoms. The number of ether oxygens (including phenoxy) is 6. The van der Waals surface area contributed by atoms with E-state index in [1.54, 1.807) is 25.3 Å². The Morgan fingerprint density at radius 2 is 1.84 bits per heavy atom. The van der Waals surface area contributed by atoms with E-state index in [0.717, 1.165) is 27.9 Å². The first-order valence-electron chi connectivity index (χ1n) is 14.7. The molecule has 0 aromatic heterocycles. The molecule has 7 atom stereocenters. The van der Waals surface area contributed by atoms with Crippen LogP contribution in [-0.4, -0.2) is 90.1 Å². The molecule has 1 saturated carbocycles. The molecular weight excluding hydrogens is 552 g/mol. The maximum atomic E-state index is 14.6. The lowest BCUT2D eigenvalue weighted by molar-refractivity contribution is -0.960. The van der Waals surface area contributed by atoms with E-state index < -0.39 is 28.5 Å². The van der Waals surface area contributed by atoms with Gasteiger partial charge < -0.3 is 28.6 Å². The van der Waals surface area contributed by atoms with Gasteiger partial charge in [0.15, 0.2) is 17.7 Å². The zero-order valence-electron chi connectivity index (χ0n) is 25.8. The number of piperidine rings is 2.